The van der Waals surface area contributed by atoms with E-state index in [0.29, 0.717) is 29.7 Å². The molecule has 5 aromatic rings. The molecule has 0 radical (unpaired) electrons. The van der Waals surface area contributed by atoms with Crippen LogP contribution in [0.25, 0.3) is 21.8 Å². The SMILES string of the molecule is CC(CNCC(O)COc1cccc2[nH]c3ccccc3c12)Cc1ccc(Oc2ccc(C#N)cn2)cc1. The van der Waals surface area contributed by atoms with E-state index in [-0.39, 0.29) is 6.61 Å². The van der Waals surface area contributed by atoms with Gasteiger partial charge in [0, 0.05) is 35.1 Å². The molecule has 0 aliphatic heterocycles. The van der Waals surface area contributed by atoms with E-state index in [2.05, 4.69) is 34.3 Å². The average Bonchev–Trinajstić information content (AvgIpc) is 3.33. The van der Waals surface area contributed by atoms with Crippen LogP contribution in [0, 0.1) is 17.2 Å². The third-order valence-electron chi connectivity index (χ3n) is 6.39. The molecule has 0 bridgehead atoms. The minimum Gasteiger partial charge on any atom is -0.490 e. The molecule has 0 saturated heterocycles. The molecule has 2 aromatic heterocycles. The van der Waals surface area contributed by atoms with Crippen molar-refractivity contribution in [2.24, 2.45) is 5.92 Å². The van der Waals surface area contributed by atoms with Gasteiger partial charge >= 0.3 is 0 Å². The summed E-state index contributed by atoms with van der Waals surface area (Å²) in [4.78, 5) is 7.55. The van der Waals surface area contributed by atoms with Gasteiger partial charge in [-0.25, -0.2) is 4.98 Å². The lowest BCUT2D eigenvalue weighted by molar-refractivity contribution is 0.106. The first-order valence-electron chi connectivity index (χ1n) is 12.7. The molecule has 7 nitrogen and oxygen atoms in total. The first-order valence-corrected chi connectivity index (χ1v) is 12.7. The van der Waals surface area contributed by atoms with Crippen LogP contribution in [0.3, 0.4) is 0 Å². The van der Waals surface area contributed by atoms with E-state index in [0.717, 1.165) is 40.5 Å². The van der Waals surface area contributed by atoms with Crippen molar-refractivity contribution in [2.45, 2.75) is 19.4 Å². The van der Waals surface area contributed by atoms with Crippen LogP contribution in [0.15, 0.2) is 85.1 Å². The summed E-state index contributed by atoms with van der Waals surface area (Å²) in [5.41, 5.74) is 3.80. The molecule has 38 heavy (non-hydrogen) atoms. The van der Waals surface area contributed by atoms with E-state index in [1.807, 2.05) is 60.7 Å². The lowest BCUT2D eigenvalue weighted by Crippen LogP contribution is -2.34. The summed E-state index contributed by atoms with van der Waals surface area (Å²) in [5, 5.41) is 24.9. The molecule has 2 heterocycles. The Morgan fingerprint density at radius 3 is 2.58 bits per heavy atom. The highest BCUT2D eigenvalue weighted by atomic mass is 16.5. The number of aromatic amines is 1. The van der Waals surface area contributed by atoms with E-state index >= 15 is 0 Å². The number of aromatic nitrogens is 2. The molecular weight excluding hydrogens is 476 g/mol. The summed E-state index contributed by atoms with van der Waals surface area (Å²) >= 11 is 0. The molecule has 0 spiro atoms. The second kappa shape index (κ2) is 11.8. The summed E-state index contributed by atoms with van der Waals surface area (Å²) < 4.78 is 11.8. The number of hydrogen-bond acceptors (Lipinski definition) is 6. The fourth-order valence-corrected chi connectivity index (χ4v) is 4.53. The molecule has 2 unspecified atom stereocenters. The maximum absolute atomic E-state index is 10.5. The van der Waals surface area contributed by atoms with Gasteiger partial charge in [-0.1, -0.05) is 43.3 Å². The summed E-state index contributed by atoms with van der Waals surface area (Å²) in [6.45, 7) is 3.63. The summed E-state index contributed by atoms with van der Waals surface area (Å²) in [5.74, 6) is 2.31. The molecule has 7 heteroatoms. The second-order valence-electron chi connectivity index (χ2n) is 9.52. The highest BCUT2D eigenvalue weighted by Gasteiger charge is 2.12. The van der Waals surface area contributed by atoms with Crippen molar-refractivity contribution < 1.29 is 14.6 Å². The van der Waals surface area contributed by atoms with Gasteiger partial charge in [-0.3, -0.25) is 0 Å². The smallest absolute Gasteiger partial charge is 0.219 e. The van der Waals surface area contributed by atoms with Crippen LogP contribution in [0.2, 0.25) is 0 Å². The number of nitrogens with one attached hydrogen (secondary N) is 2. The summed E-state index contributed by atoms with van der Waals surface area (Å²) in [6.07, 6.45) is 1.78. The van der Waals surface area contributed by atoms with Crippen molar-refractivity contribution in [1.82, 2.24) is 15.3 Å². The number of aliphatic hydroxyl groups is 1. The molecule has 2 atom stereocenters. The van der Waals surface area contributed by atoms with E-state index < -0.39 is 6.10 Å². The number of nitriles is 1. The number of rotatable bonds is 11. The molecule has 5 rings (SSSR count). The number of pyridine rings is 1. The summed E-state index contributed by atoms with van der Waals surface area (Å²) in [7, 11) is 0. The predicted molar refractivity (Wildman–Crippen MR) is 149 cm³/mol. The highest BCUT2D eigenvalue weighted by Crippen LogP contribution is 2.33. The van der Waals surface area contributed by atoms with Crippen LogP contribution in [0.5, 0.6) is 17.4 Å². The minimum atomic E-state index is -0.616. The van der Waals surface area contributed by atoms with Gasteiger partial charge < -0.3 is 24.9 Å². The Hall–Kier alpha value is -4.38. The Morgan fingerprint density at radius 1 is 0.974 bits per heavy atom. The Balaban J connectivity index is 1.06. The molecule has 0 aliphatic carbocycles. The first-order chi connectivity index (χ1) is 18.6. The van der Waals surface area contributed by atoms with Crippen molar-refractivity contribution in [1.29, 1.82) is 5.26 Å². The zero-order chi connectivity index (χ0) is 26.3. The van der Waals surface area contributed by atoms with Gasteiger partial charge in [0.1, 0.15) is 30.3 Å². The quantitative estimate of drug-likeness (QED) is 0.216. The zero-order valence-electron chi connectivity index (χ0n) is 21.2. The maximum atomic E-state index is 10.5. The number of benzene rings is 3. The number of aliphatic hydroxyl groups excluding tert-OH is 1. The number of fused-ring (bicyclic) bond motifs is 3. The molecule has 192 valence electrons. The fourth-order valence-electron chi connectivity index (χ4n) is 4.53. The van der Waals surface area contributed by atoms with Crippen LogP contribution in [-0.4, -0.2) is 40.9 Å². The van der Waals surface area contributed by atoms with Crippen molar-refractivity contribution >= 4 is 21.8 Å². The topological polar surface area (TPSA) is 103 Å². The Labute approximate surface area is 221 Å². The maximum Gasteiger partial charge on any atom is 0.219 e. The van der Waals surface area contributed by atoms with Crippen molar-refractivity contribution in [3.8, 4) is 23.4 Å². The normalized spacial score (nSPS) is 12.8. The van der Waals surface area contributed by atoms with Gasteiger partial charge in [-0.05, 0) is 60.8 Å². The van der Waals surface area contributed by atoms with Gasteiger partial charge in [0.25, 0.3) is 0 Å². The Bertz CT molecular complexity index is 1540. The lowest BCUT2D eigenvalue weighted by atomic mass is 10.0. The zero-order valence-corrected chi connectivity index (χ0v) is 21.2. The van der Waals surface area contributed by atoms with E-state index in [4.69, 9.17) is 14.7 Å². The molecule has 0 saturated carbocycles. The molecule has 0 amide bonds. The third kappa shape index (κ3) is 6.12. The summed E-state index contributed by atoms with van der Waals surface area (Å²) in [6, 6.07) is 27.4. The van der Waals surface area contributed by atoms with Crippen LogP contribution in [0.1, 0.15) is 18.1 Å². The average molecular weight is 507 g/mol. The van der Waals surface area contributed by atoms with Crippen LogP contribution >= 0.6 is 0 Å². The van der Waals surface area contributed by atoms with Gasteiger partial charge in [0.15, 0.2) is 0 Å². The lowest BCUT2D eigenvalue weighted by Gasteiger charge is -2.17. The molecule has 3 N–H and O–H groups in total. The van der Waals surface area contributed by atoms with Crippen molar-refractivity contribution in [2.75, 3.05) is 19.7 Å². The van der Waals surface area contributed by atoms with Crippen LogP contribution < -0.4 is 14.8 Å². The monoisotopic (exact) mass is 506 g/mol. The Kier molecular flexibility index (Phi) is 7.84. The molecule has 0 aliphatic rings. The predicted octanol–water partition coefficient (Wildman–Crippen LogP) is 5.59. The van der Waals surface area contributed by atoms with Gasteiger partial charge in [-0.15, -0.1) is 0 Å². The fraction of sp³-hybridized carbons (Fsp3) is 0.226. The third-order valence-corrected chi connectivity index (χ3v) is 6.39. The van der Waals surface area contributed by atoms with Gasteiger partial charge in [-0.2, -0.15) is 5.26 Å². The number of H-pyrrole nitrogens is 1. The van der Waals surface area contributed by atoms with Crippen LogP contribution in [0.4, 0.5) is 0 Å². The minimum absolute atomic E-state index is 0.218. The Morgan fingerprint density at radius 2 is 1.79 bits per heavy atom. The molecular formula is C31H30N4O3. The highest BCUT2D eigenvalue weighted by molar-refractivity contribution is 6.10. The molecule has 3 aromatic carbocycles. The van der Waals surface area contributed by atoms with E-state index in [1.165, 1.54) is 11.8 Å². The standard InChI is InChI=1S/C31H30N4O3/c1-21(15-22-9-12-25(13-10-22)38-30-14-11-23(16-32)18-34-30)17-33-19-24(36)20-37-29-8-4-7-28-31(29)26-5-2-3-6-27(26)35-28/h2-14,18,21,24,33,35-36H,15,17,19-20H2,1H3. The number of hydrogen-bond donors (Lipinski definition) is 3. The number of ether oxygens (including phenoxy) is 2. The number of para-hydroxylation sites is 1. The largest absolute Gasteiger partial charge is 0.490 e. The van der Waals surface area contributed by atoms with Gasteiger partial charge in [0.05, 0.1) is 11.1 Å². The second-order valence-corrected chi connectivity index (χ2v) is 9.52. The van der Waals surface area contributed by atoms with E-state index in [1.54, 1.807) is 12.1 Å². The van der Waals surface area contributed by atoms with E-state index in [9.17, 15) is 5.11 Å². The number of nitrogens with zero attached hydrogens (tertiary/aromatic N) is 2. The van der Waals surface area contributed by atoms with Crippen molar-refractivity contribution in [3.05, 3.63) is 96.2 Å². The molecule has 0 fully saturated rings. The van der Waals surface area contributed by atoms with Crippen LogP contribution in [-0.2, 0) is 6.42 Å². The van der Waals surface area contributed by atoms with Crippen molar-refractivity contribution in [3.63, 3.8) is 0 Å². The first kappa shape index (κ1) is 25.3. The van der Waals surface area contributed by atoms with Gasteiger partial charge in [0.2, 0.25) is 5.88 Å².